The van der Waals surface area contributed by atoms with E-state index in [0.29, 0.717) is 120 Å². The summed E-state index contributed by atoms with van der Waals surface area (Å²) in [6.45, 7) is 27.2. The van der Waals surface area contributed by atoms with Crippen molar-refractivity contribution in [2.75, 3.05) is 132 Å². The lowest BCUT2D eigenvalue weighted by atomic mass is 9.73. The van der Waals surface area contributed by atoms with Gasteiger partial charge in [-0.2, -0.15) is 0 Å². The van der Waals surface area contributed by atoms with Crippen LogP contribution in [0.4, 0.5) is 9.59 Å². The van der Waals surface area contributed by atoms with E-state index in [2.05, 4.69) is 26.2 Å². The number of likely N-dealkylation sites (tertiary alicyclic amines) is 4. The zero-order chi connectivity index (χ0) is 98.1. The second kappa shape index (κ2) is 57.2. The number of hydrogen-bond donors (Lipinski definition) is 8. The molecule has 752 valence electrons. The molecule has 9 N–H and O–H groups in total. The van der Waals surface area contributed by atoms with Crippen LogP contribution < -0.4 is 41.2 Å². The number of aryl methyl sites for hydroxylation is 3. The summed E-state index contributed by atoms with van der Waals surface area (Å²) < 4.78 is 46.2. The minimum absolute atomic E-state index is 0. The van der Waals surface area contributed by atoms with E-state index in [1.807, 2.05) is 235 Å². The molecule has 6 aromatic carbocycles. The number of nitro groups is 3. The van der Waals surface area contributed by atoms with Gasteiger partial charge in [-0.3, -0.25) is 30.3 Å². The Balaban J connectivity index is 0.000000253. The highest BCUT2D eigenvalue weighted by atomic mass is 35.5. The maximum Gasteiger partial charge on any atom is 0.407 e. The molecule has 0 aromatic heterocycles. The fourth-order valence-electron chi connectivity index (χ4n) is 18.1. The molecule has 0 aliphatic carbocycles. The molecule has 34 heteroatoms. The molecule has 9 atom stereocenters. The van der Waals surface area contributed by atoms with Crippen molar-refractivity contribution in [3.63, 3.8) is 0 Å². The number of nitrogens with one attached hydrogen (secondary N) is 4. The number of amides is 2. The van der Waals surface area contributed by atoms with E-state index in [-0.39, 0.29) is 59.3 Å². The average Bonchev–Trinajstić information content (AvgIpc) is 1.13. The van der Waals surface area contributed by atoms with Crippen molar-refractivity contribution >= 4 is 48.1 Å². The van der Waals surface area contributed by atoms with Crippen LogP contribution in [0.2, 0.25) is 0 Å². The third-order valence-electron chi connectivity index (χ3n) is 24.9. The molecule has 6 fully saturated rings. The monoisotopic (exact) mass is 1950 g/mol. The van der Waals surface area contributed by atoms with Crippen molar-refractivity contribution in [1.29, 1.82) is 0 Å². The second-order valence-corrected chi connectivity index (χ2v) is 39.4. The number of thioether (sulfide) groups is 2. The van der Waals surface area contributed by atoms with Crippen molar-refractivity contribution in [2.24, 2.45) is 23.5 Å². The van der Waals surface area contributed by atoms with E-state index >= 15 is 0 Å². The summed E-state index contributed by atoms with van der Waals surface area (Å²) in [5.74, 6) is 5.16. The summed E-state index contributed by atoms with van der Waals surface area (Å²) >= 11 is 2.76. The van der Waals surface area contributed by atoms with Crippen molar-refractivity contribution < 1.29 is 77.6 Å². The maximum atomic E-state index is 12.7. The summed E-state index contributed by atoms with van der Waals surface area (Å²) in [7, 11) is 5.08. The van der Waals surface area contributed by atoms with Gasteiger partial charge in [-0.25, -0.2) is 9.59 Å². The number of ether oxygens (including phenoxy) is 8. The first kappa shape index (κ1) is 113. The SMILES string of the molecule is CC(C)(C)OC(=O)NC1CCNC1.COCCCC[C@@](O)(c1ccccc1Oc1ccccc1C)[C@@H]1CCCN(C(=C[N+](=O)[O-])N2CC[C@H](N)C2)C1.COCCCC[C@@](O)(c1ccccc1Oc1ccccc1C)[C@@H]1CCCN(C(=C[N+](=O)[O-])N2CC[C@H](NC(=O)OC(C)(C)C)C2)C1.COCCCC[C@@](O)(c1ccccc1Oc1ccccc1C)[C@@H]1CCCNC1.CSC(=C[N+](=O)[O-])SC.Cl. The first-order valence-electron chi connectivity index (χ1n) is 47.5. The Morgan fingerprint density at radius 1 is 0.441 bits per heavy atom. The van der Waals surface area contributed by atoms with Crippen molar-refractivity contribution in [3.05, 3.63) is 244 Å². The molecular formula is C102H151ClN12O19S2. The number of hydrogen-bond acceptors (Lipinski definition) is 28. The standard InChI is InChI=1S/C35H50N4O7.C30H42N4O5.C24H33NO3.C9H18N2O2.C4H7NO2S2.ClH/c1-26-13-6-8-16-30(26)45-31-17-9-7-15-29(31)35(41,19-10-11-22-44-5)27-14-12-20-37(23-27)32(25-39(42)43)38-21-18-28(24-38)36-33(40)46-34(2,3)4;1-23-10-3-5-13-27(23)39-28-14-6-4-12-26(28)30(35,16-7-8-19-38-2)24-11-9-17-32(20-24)29(22-34(36)37)33-18-15-25(31)21-33;1-19-10-3-5-13-22(19)28-23-14-6-4-12-21(23)24(26,15-7-8-17-27-2)20-11-9-16-25-18-20;1-9(2,3)13-8(12)11-7-4-5-10-6-7;1-8-4(9-2)3-5(6)7;/h6-9,13,15-17,25,27-28,41H,10-12,14,18-24H2,1-5H3,(H,36,40);3-6,10,12-14,22,24-25,35H,7-9,11,15-21,31H2,1-2H3;3-6,10,12-14,20,25-26H,7-9,11,15-18H2,1-2H3;7,10H,4-6H2,1-3H3,(H,11,12);3H,1-2H3;1H/t27-,28+,35+;24-,25+,30+;20-,24+;;;/m111.../s1. The molecule has 0 saturated carbocycles. The molecule has 12 rings (SSSR count). The number of nitrogens with two attached hydrogens (primary N) is 1. The van der Waals surface area contributed by atoms with E-state index in [4.69, 9.17) is 43.6 Å². The Kier molecular flexibility index (Phi) is 47.7. The molecule has 0 spiro atoms. The van der Waals surface area contributed by atoms with Gasteiger partial charge in [0.1, 0.15) is 49.9 Å². The van der Waals surface area contributed by atoms with Crippen LogP contribution in [0, 0.1) is 68.9 Å². The van der Waals surface area contributed by atoms with E-state index < -0.39 is 43.9 Å². The van der Waals surface area contributed by atoms with Gasteiger partial charge in [0.25, 0.3) is 18.6 Å². The van der Waals surface area contributed by atoms with Crippen LogP contribution in [0.15, 0.2) is 180 Å². The summed E-state index contributed by atoms with van der Waals surface area (Å²) in [5, 5.41) is 83.0. The van der Waals surface area contributed by atoms with Gasteiger partial charge < -0.3 is 99.8 Å². The third kappa shape index (κ3) is 36.4. The van der Waals surface area contributed by atoms with Gasteiger partial charge >= 0.3 is 12.2 Å². The predicted molar refractivity (Wildman–Crippen MR) is 540 cm³/mol. The van der Waals surface area contributed by atoms with Crippen molar-refractivity contribution in [3.8, 4) is 34.5 Å². The lowest BCUT2D eigenvalue weighted by molar-refractivity contribution is -0.405. The topological polar surface area (TPSA) is 385 Å². The molecule has 6 aliphatic heterocycles. The van der Waals surface area contributed by atoms with Gasteiger partial charge in [0.2, 0.25) is 0 Å². The van der Waals surface area contributed by atoms with E-state index in [1.54, 1.807) is 21.3 Å². The number of unbranched alkanes of at least 4 members (excludes halogenated alkanes) is 3. The van der Waals surface area contributed by atoms with Gasteiger partial charge in [0.05, 0.1) is 37.6 Å². The number of benzene rings is 6. The van der Waals surface area contributed by atoms with Crippen LogP contribution in [-0.2, 0) is 40.5 Å². The molecule has 31 nitrogen and oxygen atoms in total. The van der Waals surface area contributed by atoms with Gasteiger partial charge in [-0.15, -0.1) is 35.9 Å². The summed E-state index contributed by atoms with van der Waals surface area (Å²) in [5.41, 5.74) is 7.20. The molecule has 6 aromatic rings. The fourth-order valence-corrected chi connectivity index (χ4v) is 19.2. The number of carbonyl (C=O) groups is 2. The van der Waals surface area contributed by atoms with Crippen molar-refractivity contribution in [2.45, 2.75) is 224 Å². The van der Waals surface area contributed by atoms with Crippen LogP contribution in [0.3, 0.4) is 0 Å². The number of piperidine rings is 3. The van der Waals surface area contributed by atoms with Crippen LogP contribution >= 0.6 is 35.9 Å². The highest BCUT2D eigenvalue weighted by Crippen LogP contribution is 2.49. The van der Waals surface area contributed by atoms with Gasteiger partial charge in [-0.05, 0) is 257 Å². The molecule has 6 aliphatic rings. The Labute approximate surface area is 819 Å². The van der Waals surface area contributed by atoms with E-state index in [1.165, 1.54) is 23.5 Å². The number of aliphatic hydroxyl groups is 3. The van der Waals surface area contributed by atoms with Crippen LogP contribution in [0.5, 0.6) is 34.5 Å². The van der Waals surface area contributed by atoms with Crippen LogP contribution in [0.1, 0.15) is 190 Å². The zero-order valence-corrected chi connectivity index (χ0v) is 84.6. The number of carbonyl (C=O) groups excluding carboxylic acids is 2. The number of nitrogens with zero attached hydrogens (tertiary/aromatic N) is 7. The average molecular weight is 1950 g/mol. The number of halogens is 1. The maximum absolute atomic E-state index is 12.7. The van der Waals surface area contributed by atoms with Crippen molar-refractivity contribution in [1.82, 2.24) is 40.9 Å². The molecule has 6 heterocycles. The Morgan fingerprint density at radius 2 is 0.787 bits per heavy atom. The molecular weight excluding hydrogens is 1800 g/mol. The molecule has 2 amide bonds. The number of alkyl carbamates (subject to hydrolysis) is 2. The number of rotatable bonds is 38. The van der Waals surface area contributed by atoms with Gasteiger partial charge in [-0.1, -0.05) is 109 Å². The van der Waals surface area contributed by atoms with Gasteiger partial charge in [0.15, 0.2) is 11.6 Å². The molecule has 0 radical (unpaired) electrons. The number of para-hydroxylation sites is 6. The minimum Gasteiger partial charge on any atom is -0.457 e. The van der Waals surface area contributed by atoms with Crippen LogP contribution in [0.25, 0.3) is 0 Å². The molecule has 136 heavy (non-hydrogen) atoms. The Bertz CT molecular complexity index is 4760. The molecule has 0 bridgehead atoms. The molecule has 1 unspecified atom stereocenters. The highest BCUT2D eigenvalue weighted by Gasteiger charge is 2.47. The molecule has 6 saturated heterocycles. The van der Waals surface area contributed by atoms with Gasteiger partial charge in [0, 0.05) is 153 Å². The lowest BCUT2D eigenvalue weighted by Gasteiger charge is -2.45. The normalized spacial score (nSPS) is 19.8. The predicted octanol–water partition coefficient (Wildman–Crippen LogP) is 18.7. The smallest absolute Gasteiger partial charge is 0.407 e. The summed E-state index contributed by atoms with van der Waals surface area (Å²) in [6, 6.07) is 47.0. The van der Waals surface area contributed by atoms with Crippen LogP contribution in [-0.4, -0.2) is 223 Å². The summed E-state index contributed by atoms with van der Waals surface area (Å²) in [4.78, 5) is 63.8. The lowest BCUT2D eigenvalue weighted by Crippen LogP contribution is -2.48. The zero-order valence-electron chi connectivity index (χ0n) is 82.2. The number of methoxy groups -OCH3 is 3. The van der Waals surface area contributed by atoms with E-state index in [9.17, 15) is 55.3 Å². The highest BCUT2D eigenvalue weighted by molar-refractivity contribution is 8.21. The summed E-state index contributed by atoms with van der Waals surface area (Å²) in [6.07, 6.45) is 20.4. The quantitative estimate of drug-likeness (QED) is 0.0101. The first-order chi connectivity index (χ1) is 64.5. The Morgan fingerprint density at radius 3 is 1.12 bits per heavy atom. The fraction of sp³-hybridized carbons (Fsp3) is 0.569. The Hall–Kier alpha value is -9.49. The minimum atomic E-state index is -1.25. The first-order valence-corrected chi connectivity index (χ1v) is 49.9. The largest absolute Gasteiger partial charge is 0.457 e. The second-order valence-electron chi connectivity index (χ2n) is 37.4. The third-order valence-corrected chi connectivity index (χ3v) is 26.9. The van der Waals surface area contributed by atoms with E-state index in [0.717, 1.165) is 196 Å².